The maximum absolute atomic E-state index is 13.1. The van der Waals surface area contributed by atoms with Gasteiger partial charge in [0.05, 0.1) is 12.7 Å². The molecule has 10 nitrogen and oxygen atoms in total. The fraction of sp³-hybridized carbons (Fsp3) is 0.360. The Labute approximate surface area is 202 Å². The highest BCUT2D eigenvalue weighted by atomic mass is 16.5. The van der Waals surface area contributed by atoms with E-state index < -0.39 is 18.4 Å². The number of nitrogens with zero attached hydrogens (tertiary/aromatic N) is 5. The number of nitrogen functional groups attached to an aromatic ring is 1. The largest absolute Gasteiger partial charge is 0.394 e. The summed E-state index contributed by atoms with van der Waals surface area (Å²) in [5.74, 6) is 0.778. The van der Waals surface area contributed by atoms with Gasteiger partial charge in [0.15, 0.2) is 22.8 Å². The Kier molecular flexibility index (Phi) is 6.10. The molecule has 0 amide bonds. The Morgan fingerprint density at radius 3 is 2.71 bits per heavy atom. The zero-order valence-electron chi connectivity index (χ0n) is 19.6. The summed E-state index contributed by atoms with van der Waals surface area (Å²) >= 11 is 0. The van der Waals surface area contributed by atoms with Crippen molar-refractivity contribution >= 4 is 39.2 Å². The molecule has 0 unspecified atom stereocenters. The van der Waals surface area contributed by atoms with E-state index >= 15 is 0 Å². The molecule has 0 radical (unpaired) electrons. The van der Waals surface area contributed by atoms with Crippen LogP contribution >= 0.6 is 0 Å². The molecule has 4 aromatic rings. The molecule has 2 aromatic carbocycles. The van der Waals surface area contributed by atoms with Crippen LogP contribution in [0.2, 0.25) is 0 Å². The lowest BCUT2D eigenvalue weighted by atomic mass is 10.0. The Morgan fingerprint density at radius 1 is 1.20 bits per heavy atom. The average Bonchev–Trinajstić information content (AvgIpc) is 3.42. The molecule has 1 aliphatic heterocycles. The number of anilines is 2. The molecule has 1 aliphatic rings. The highest BCUT2D eigenvalue weighted by Gasteiger charge is 2.36. The van der Waals surface area contributed by atoms with Gasteiger partial charge >= 0.3 is 0 Å². The molecule has 3 atom stereocenters. The summed E-state index contributed by atoms with van der Waals surface area (Å²) in [7, 11) is 3.99. The molecular weight excluding hydrogens is 448 g/mol. The molecule has 0 bridgehead atoms. The van der Waals surface area contributed by atoms with Crippen molar-refractivity contribution < 1.29 is 19.7 Å². The number of hydrogen-bond acceptors (Lipinski definition) is 9. The van der Waals surface area contributed by atoms with Gasteiger partial charge in [0, 0.05) is 44.6 Å². The van der Waals surface area contributed by atoms with Gasteiger partial charge in [0.25, 0.3) is 0 Å². The lowest BCUT2D eigenvalue weighted by Gasteiger charge is -2.16. The van der Waals surface area contributed by atoms with Crippen LogP contribution in [-0.4, -0.2) is 68.4 Å². The molecule has 4 N–H and O–H groups in total. The Hall–Kier alpha value is -3.60. The van der Waals surface area contributed by atoms with Crippen molar-refractivity contribution in [1.82, 2.24) is 19.5 Å². The van der Waals surface area contributed by atoms with Crippen LogP contribution in [0.25, 0.3) is 21.9 Å². The number of ketones is 1. The normalized spacial score (nSPS) is 20.1. The number of ether oxygens (including phenoxy) is 1. The molecule has 2 aromatic heterocycles. The second-order valence-corrected chi connectivity index (χ2v) is 9.01. The minimum Gasteiger partial charge on any atom is -0.394 e. The first-order valence-corrected chi connectivity index (χ1v) is 11.5. The van der Waals surface area contributed by atoms with E-state index in [0.717, 1.165) is 16.5 Å². The first-order valence-electron chi connectivity index (χ1n) is 11.5. The third kappa shape index (κ3) is 4.31. The number of carbonyl (C=O) groups is 1. The number of aliphatic hydroxyl groups is 2. The van der Waals surface area contributed by atoms with Crippen LogP contribution < -0.4 is 10.6 Å². The zero-order chi connectivity index (χ0) is 24.7. The molecule has 1 fully saturated rings. The maximum Gasteiger partial charge on any atom is 0.167 e. The lowest BCUT2D eigenvalue weighted by molar-refractivity contribution is -0.0440. The van der Waals surface area contributed by atoms with Crippen molar-refractivity contribution in [1.29, 1.82) is 0 Å². The molecule has 5 rings (SSSR count). The third-order valence-corrected chi connectivity index (χ3v) is 6.49. The van der Waals surface area contributed by atoms with Crippen LogP contribution in [-0.2, 0) is 11.2 Å². The van der Waals surface area contributed by atoms with Gasteiger partial charge in [-0.2, -0.15) is 0 Å². The Balaban J connectivity index is 1.41. The van der Waals surface area contributed by atoms with E-state index in [1.54, 1.807) is 4.57 Å². The fourth-order valence-electron chi connectivity index (χ4n) is 4.54. The van der Waals surface area contributed by atoms with E-state index in [1.807, 2.05) is 49.3 Å². The quantitative estimate of drug-likeness (QED) is 0.342. The Morgan fingerprint density at radius 2 is 1.97 bits per heavy atom. The maximum atomic E-state index is 13.1. The van der Waals surface area contributed by atoms with Crippen molar-refractivity contribution in [3.05, 3.63) is 54.1 Å². The van der Waals surface area contributed by atoms with Crippen molar-refractivity contribution in [3.63, 3.8) is 0 Å². The van der Waals surface area contributed by atoms with Crippen molar-refractivity contribution in [3.8, 4) is 0 Å². The number of aromatic nitrogens is 4. The first-order chi connectivity index (χ1) is 16.9. The smallest absolute Gasteiger partial charge is 0.167 e. The summed E-state index contributed by atoms with van der Waals surface area (Å²) in [6, 6.07) is 11.9. The number of aryl methyl sites for hydroxylation is 1. The van der Waals surface area contributed by atoms with Crippen molar-refractivity contribution in [2.75, 3.05) is 31.3 Å². The second kappa shape index (κ2) is 9.21. The van der Waals surface area contributed by atoms with Gasteiger partial charge in [0.1, 0.15) is 24.5 Å². The number of imidazole rings is 1. The van der Waals surface area contributed by atoms with E-state index in [4.69, 9.17) is 10.5 Å². The van der Waals surface area contributed by atoms with Crippen molar-refractivity contribution in [2.45, 2.75) is 37.7 Å². The number of rotatable bonds is 7. The summed E-state index contributed by atoms with van der Waals surface area (Å²) in [5, 5.41) is 21.8. The van der Waals surface area contributed by atoms with Gasteiger partial charge in [-0.05, 0) is 29.0 Å². The minimum atomic E-state index is -0.818. The van der Waals surface area contributed by atoms with Crippen LogP contribution in [0.5, 0.6) is 0 Å². The molecule has 0 aliphatic carbocycles. The summed E-state index contributed by atoms with van der Waals surface area (Å²) in [4.78, 5) is 28.1. The van der Waals surface area contributed by atoms with Gasteiger partial charge in [-0.1, -0.05) is 18.2 Å². The molecule has 10 heteroatoms. The van der Waals surface area contributed by atoms with Gasteiger partial charge in [-0.3, -0.25) is 9.36 Å². The topological polar surface area (TPSA) is 140 Å². The lowest BCUT2D eigenvalue weighted by Crippen LogP contribution is -2.24. The summed E-state index contributed by atoms with van der Waals surface area (Å²) in [6.07, 6.45) is 0.0526. The number of Topliss-reactive ketones (excluding diaryl/α,β-unsaturated/α-hetero) is 1. The van der Waals surface area contributed by atoms with Crippen molar-refractivity contribution in [2.24, 2.45) is 0 Å². The molecule has 3 heterocycles. The van der Waals surface area contributed by atoms with E-state index in [2.05, 4.69) is 21.0 Å². The first kappa shape index (κ1) is 23.2. The number of fused-ring (bicyclic) bond motifs is 2. The van der Waals surface area contributed by atoms with Gasteiger partial charge in [-0.15, -0.1) is 0 Å². The SMILES string of the molecule is CN(C)c1ccc2cc(C(=O)CCc3nc4c(N)ncnc4n3[C@H]3C[C@H](O)[C@@H](CO)O3)ccc2c1. The standard InChI is InChI=1S/C25H28N6O4/c1-30(2)17-6-5-14-9-16(4-3-15(14)10-17)18(33)7-8-21-29-23-24(26)27-13-28-25(23)31(21)22-11-19(34)20(12-32)35-22/h3-6,9-10,13,19-20,22,32,34H,7-8,11-12H2,1-2H3,(H2,26,27,28)/t19-,20+,22+/m0/s1. The molecule has 1 saturated heterocycles. The second-order valence-electron chi connectivity index (χ2n) is 9.01. The van der Waals surface area contributed by atoms with Crippen LogP contribution in [0.1, 0.15) is 35.3 Å². The number of aliphatic hydroxyl groups excluding tert-OH is 2. The van der Waals surface area contributed by atoms with Crippen LogP contribution in [0.15, 0.2) is 42.7 Å². The number of nitrogens with two attached hydrogens (primary N) is 1. The number of benzene rings is 2. The van der Waals surface area contributed by atoms with Crippen LogP contribution in [0.3, 0.4) is 0 Å². The van der Waals surface area contributed by atoms with E-state index in [-0.39, 0.29) is 31.0 Å². The highest BCUT2D eigenvalue weighted by molar-refractivity contribution is 6.00. The summed E-state index contributed by atoms with van der Waals surface area (Å²) < 4.78 is 7.61. The average molecular weight is 477 g/mol. The predicted molar refractivity (Wildman–Crippen MR) is 132 cm³/mol. The third-order valence-electron chi connectivity index (χ3n) is 6.49. The fourth-order valence-corrected chi connectivity index (χ4v) is 4.54. The highest BCUT2D eigenvalue weighted by Crippen LogP contribution is 2.33. The number of hydrogen-bond donors (Lipinski definition) is 3. The van der Waals surface area contributed by atoms with Gasteiger partial charge < -0.3 is 25.6 Å². The zero-order valence-corrected chi connectivity index (χ0v) is 19.6. The predicted octanol–water partition coefficient (Wildman–Crippen LogP) is 2.08. The summed E-state index contributed by atoms with van der Waals surface area (Å²) in [5.41, 5.74) is 8.64. The molecular formula is C25H28N6O4. The molecule has 182 valence electrons. The van der Waals surface area contributed by atoms with Gasteiger partial charge in [0.2, 0.25) is 0 Å². The van der Waals surface area contributed by atoms with Crippen LogP contribution in [0, 0.1) is 0 Å². The minimum absolute atomic E-state index is 0.0122. The van der Waals surface area contributed by atoms with E-state index in [0.29, 0.717) is 29.0 Å². The monoisotopic (exact) mass is 476 g/mol. The Bertz CT molecular complexity index is 1400. The van der Waals surface area contributed by atoms with Gasteiger partial charge in [-0.25, -0.2) is 15.0 Å². The van der Waals surface area contributed by atoms with Crippen LogP contribution in [0.4, 0.5) is 11.5 Å². The van der Waals surface area contributed by atoms with E-state index in [1.165, 1.54) is 6.33 Å². The van der Waals surface area contributed by atoms with E-state index in [9.17, 15) is 15.0 Å². The summed E-state index contributed by atoms with van der Waals surface area (Å²) in [6.45, 7) is -0.298. The number of carbonyl (C=O) groups excluding carboxylic acids is 1. The molecule has 35 heavy (non-hydrogen) atoms. The molecule has 0 saturated carbocycles. The molecule has 0 spiro atoms.